The van der Waals surface area contributed by atoms with Crippen LogP contribution in [0.4, 0.5) is 5.69 Å². The zero-order valence-electron chi connectivity index (χ0n) is 11.5. The first-order chi connectivity index (χ1) is 8.85. The van der Waals surface area contributed by atoms with Crippen molar-refractivity contribution in [1.29, 1.82) is 0 Å². The van der Waals surface area contributed by atoms with E-state index in [1.54, 1.807) is 32.3 Å². The number of carbonyl (C=O) groups is 2. The van der Waals surface area contributed by atoms with Gasteiger partial charge in [-0.2, -0.15) is 0 Å². The molecule has 4 N–H and O–H groups in total. The largest absolute Gasteiger partial charge is 0.383 e. The van der Waals surface area contributed by atoms with E-state index in [-0.39, 0.29) is 12.3 Å². The maximum atomic E-state index is 12.2. The standard InChI is InChI=1S/C13H20N4O2/c1-4-16-10-8-15-6-5-9(10)12(19)17-13(2,3)7-11(14)18/h5-6,8,16H,4,7H2,1-3H3,(H2,14,18)(H,17,19). The highest BCUT2D eigenvalue weighted by Crippen LogP contribution is 2.15. The molecule has 6 heteroatoms. The van der Waals surface area contributed by atoms with E-state index in [9.17, 15) is 9.59 Å². The summed E-state index contributed by atoms with van der Waals surface area (Å²) < 4.78 is 0. The Bertz CT molecular complexity index is 471. The summed E-state index contributed by atoms with van der Waals surface area (Å²) in [5.74, 6) is -0.712. The number of carbonyl (C=O) groups excluding carboxylic acids is 2. The minimum absolute atomic E-state index is 0.0837. The number of anilines is 1. The van der Waals surface area contributed by atoms with Crippen LogP contribution in [0.3, 0.4) is 0 Å². The molecule has 104 valence electrons. The van der Waals surface area contributed by atoms with E-state index in [1.807, 2.05) is 6.92 Å². The number of nitrogens with zero attached hydrogens (tertiary/aromatic N) is 1. The van der Waals surface area contributed by atoms with Gasteiger partial charge in [-0.15, -0.1) is 0 Å². The average molecular weight is 264 g/mol. The zero-order valence-corrected chi connectivity index (χ0v) is 11.5. The van der Waals surface area contributed by atoms with Crippen LogP contribution >= 0.6 is 0 Å². The molecule has 0 fully saturated rings. The van der Waals surface area contributed by atoms with Crippen molar-refractivity contribution in [1.82, 2.24) is 10.3 Å². The third-order valence-corrected chi connectivity index (χ3v) is 2.50. The molecule has 0 bridgehead atoms. The lowest BCUT2D eigenvalue weighted by molar-refractivity contribution is -0.119. The monoisotopic (exact) mass is 264 g/mol. The van der Waals surface area contributed by atoms with Gasteiger partial charge in [-0.25, -0.2) is 0 Å². The number of aromatic nitrogens is 1. The van der Waals surface area contributed by atoms with Crippen LogP contribution in [0.1, 0.15) is 37.6 Å². The van der Waals surface area contributed by atoms with E-state index in [2.05, 4.69) is 15.6 Å². The second-order valence-electron chi connectivity index (χ2n) is 4.93. The molecule has 1 aromatic heterocycles. The highest BCUT2D eigenvalue weighted by atomic mass is 16.2. The first-order valence-corrected chi connectivity index (χ1v) is 6.14. The maximum absolute atomic E-state index is 12.2. The molecule has 1 heterocycles. The van der Waals surface area contributed by atoms with Gasteiger partial charge in [0.05, 0.1) is 17.4 Å². The summed E-state index contributed by atoms with van der Waals surface area (Å²) in [7, 11) is 0. The Morgan fingerprint density at radius 2 is 2.11 bits per heavy atom. The molecule has 0 unspecified atom stereocenters. The van der Waals surface area contributed by atoms with E-state index in [1.165, 1.54) is 0 Å². The summed E-state index contributed by atoms with van der Waals surface area (Å²) >= 11 is 0. The van der Waals surface area contributed by atoms with Gasteiger partial charge in [0, 0.05) is 24.7 Å². The van der Waals surface area contributed by atoms with Crippen molar-refractivity contribution in [3.8, 4) is 0 Å². The molecule has 0 spiro atoms. The predicted octanol–water partition coefficient (Wildman–Crippen LogP) is 0.897. The summed E-state index contributed by atoms with van der Waals surface area (Å²) in [4.78, 5) is 27.1. The van der Waals surface area contributed by atoms with Crippen molar-refractivity contribution < 1.29 is 9.59 Å². The molecular formula is C13H20N4O2. The average Bonchev–Trinajstić information content (AvgIpc) is 2.27. The van der Waals surface area contributed by atoms with E-state index >= 15 is 0 Å². The van der Waals surface area contributed by atoms with Crippen LogP contribution in [0.15, 0.2) is 18.5 Å². The fraction of sp³-hybridized carbons (Fsp3) is 0.462. The highest BCUT2D eigenvalue weighted by molar-refractivity contribution is 6.00. The molecule has 0 saturated heterocycles. The molecule has 0 aromatic carbocycles. The van der Waals surface area contributed by atoms with Gasteiger partial charge in [0.15, 0.2) is 0 Å². The lowest BCUT2D eigenvalue weighted by Gasteiger charge is -2.25. The lowest BCUT2D eigenvalue weighted by Crippen LogP contribution is -2.46. The number of nitrogens with two attached hydrogens (primary N) is 1. The Morgan fingerprint density at radius 3 is 2.68 bits per heavy atom. The highest BCUT2D eigenvalue weighted by Gasteiger charge is 2.24. The quantitative estimate of drug-likeness (QED) is 0.711. The third-order valence-electron chi connectivity index (χ3n) is 2.50. The van der Waals surface area contributed by atoms with E-state index < -0.39 is 11.4 Å². The van der Waals surface area contributed by atoms with Crippen molar-refractivity contribution in [3.05, 3.63) is 24.0 Å². The maximum Gasteiger partial charge on any atom is 0.253 e. The van der Waals surface area contributed by atoms with E-state index in [4.69, 9.17) is 5.73 Å². The predicted molar refractivity (Wildman–Crippen MR) is 73.8 cm³/mol. The first kappa shape index (κ1) is 14.9. The van der Waals surface area contributed by atoms with Crippen LogP contribution in [-0.4, -0.2) is 28.9 Å². The minimum Gasteiger partial charge on any atom is -0.383 e. The molecule has 0 saturated carbocycles. The van der Waals surface area contributed by atoms with Gasteiger partial charge in [0.2, 0.25) is 5.91 Å². The van der Waals surface area contributed by atoms with Gasteiger partial charge in [-0.05, 0) is 26.8 Å². The number of primary amides is 1. The Hall–Kier alpha value is -2.11. The normalized spacial score (nSPS) is 10.9. The van der Waals surface area contributed by atoms with Crippen molar-refractivity contribution in [2.45, 2.75) is 32.7 Å². The van der Waals surface area contributed by atoms with Gasteiger partial charge in [-0.3, -0.25) is 14.6 Å². The van der Waals surface area contributed by atoms with Crippen LogP contribution in [0.5, 0.6) is 0 Å². The third kappa shape index (κ3) is 4.57. The molecule has 0 aliphatic rings. The summed E-state index contributed by atoms with van der Waals surface area (Å²) in [6.07, 6.45) is 3.23. The van der Waals surface area contributed by atoms with Crippen molar-refractivity contribution in [3.63, 3.8) is 0 Å². The number of hydrogen-bond acceptors (Lipinski definition) is 4. The number of hydrogen-bond donors (Lipinski definition) is 3. The van der Waals surface area contributed by atoms with E-state index in [0.717, 1.165) is 0 Å². The molecule has 0 radical (unpaired) electrons. The zero-order chi connectivity index (χ0) is 14.5. The van der Waals surface area contributed by atoms with Crippen molar-refractivity contribution >= 4 is 17.5 Å². The van der Waals surface area contributed by atoms with Gasteiger partial charge >= 0.3 is 0 Å². The molecule has 0 aliphatic heterocycles. The number of pyridine rings is 1. The summed E-state index contributed by atoms with van der Waals surface area (Å²) in [6, 6.07) is 1.63. The fourth-order valence-electron chi connectivity index (χ4n) is 1.78. The Balaban J connectivity index is 2.86. The van der Waals surface area contributed by atoms with Gasteiger partial charge in [-0.1, -0.05) is 0 Å². The second kappa shape index (κ2) is 6.17. The van der Waals surface area contributed by atoms with Gasteiger partial charge in [0.25, 0.3) is 5.91 Å². The van der Waals surface area contributed by atoms with Crippen molar-refractivity contribution in [2.75, 3.05) is 11.9 Å². The molecule has 0 aliphatic carbocycles. The molecule has 1 aromatic rings. The van der Waals surface area contributed by atoms with Crippen LogP contribution < -0.4 is 16.4 Å². The lowest BCUT2D eigenvalue weighted by atomic mass is 9.99. The van der Waals surface area contributed by atoms with Crippen LogP contribution in [0.2, 0.25) is 0 Å². The summed E-state index contributed by atoms with van der Waals surface area (Å²) in [6.45, 7) is 6.13. The number of nitrogens with one attached hydrogen (secondary N) is 2. The van der Waals surface area contributed by atoms with Crippen molar-refractivity contribution in [2.24, 2.45) is 5.73 Å². The molecule has 1 rings (SSSR count). The Kier molecular flexibility index (Phi) is 4.86. The first-order valence-electron chi connectivity index (χ1n) is 6.14. The molecule has 0 atom stereocenters. The molecule has 6 nitrogen and oxygen atoms in total. The Labute approximate surface area is 112 Å². The minimum atomic E-state index is -0.685. The Morgan fingerprint density at radius 1 is 1.42 bits per heavy atom. The number of amides is 2. The topological polar surface area (TPSA) is 97.1 Å². The smallest absolute Gasteiger partial charge is 0.253 e. The van der Waals surface area contributed by atoms with E-state index in [0.29, 0.717) is 17.8 Å². The van der Waals surface area contributed by atoms with Gasteiger partial charge < -0.3 is 16.4 Å². The summed E-state index contributed by atoms with van der Waals surface area (Å²) in [5, 5.41) is 5.86. The fourth-order valence-corrected chi connectivity index (χ4v) is 1.78. The summed E-state index contributed by atoms with van der Waals surface area (Å²) in [5.41, 5.74) is 5.63. The molecule has 2 amide bonds. The second-order valence-corrected chi connectivity index (χ2v) is 4.93. The SMILES string of the molecule is CCNc1cnccc1C(=O)NC(C)(C)CC(N)=O. The van der Waals surface area contributed by atoms with Crippen LogP contribution in [-0.2, 0) is 4.79 Å². The number of rotatable bonds is 6. The van der Waals surface area contributed by atoms with Gasteiger partial charge in [0.1, 0.15) is 0 Å². The molecular weight excluding hydrogens is 244 g/mol. The molecule has 19 heavy (non-hydrogen) atoms. The van der Waals surface area contributed by atoms with Crippen LogP contribution in [0.25, 0.3) is 0 Å². The van der Waals surface area contributed by atoms with Crippen LogP contribution in [0, 0.1) is 0 Å².